The van der Waals surface area contributed by atoms with Gasteiger partial charge in [0.2, 0.25) is 0 Å². The Morgan fingerprint density at radius 1 is 1.23 bits per heavy atom. The summed E-state index contributed by atoms with van der Waals surface area (Å²) in [4.78, 5) is 4.20. The van der Waals surface area contributed by atoms with E-state index >= 15 is 0 Å². The molecule has 0 radical (unpaired) electrons. The summed E-state index contributed by atoms with van der Waals surface area (Å²) in [7, 11) is 1.78. The van der Waals surface area contributed by atoms with Crippen molar-refractivity contribution in [3.05, 3.63) is 35.4 Å². The summed E-state index contributed by atoms with van der Waals surface area (Å²) >= 11 is 0. The summed E-state index contributed by atoms with van der Waals surface area (Å²) in [5, 5.41) is 6.59. The van der Waals surface area contributed by atoms with Crippen LogP contribution in [-0.2, 0) is 17.9 Å². The monoisotopic (exact) mass is 419 g/mol. The number of halogens is 1. The third-order valence-corrected chi connectivity index (χ3v) is 2.77. The number of hydrogen-bond donors (Lipinski definition) is 2. The molecule has 0 fully saturated rings. The molecule has 0 saturated carbocycles. The van der Waals surface area contributed by atoms with Crippen LogP contribution in [0.25, 0.3) is 0 Å². The zero-order valence-electron chi connectivity index (χ0n) is 14.6. The first-order chi connectivity index (χ1) is 9.80. The minimum absolute atomic E-state index is 0. The molecule has 0 atom stereocenters. The maximum absolute atomic E-state index is 5.81. The quantitative estimate of drug-likeness (QED) is 0.435. The summed E-state index contributed by atoms with van der Waals surface area (Å²) in [5.41, 5.74) is 2.30. The fraction of sp³-hybridized carbons (Fsp3) is 0.588. The Morgan fingerprint density at radius 3 is 2.41 bits per heavy atom. The maximum Gasteiger partial charge on any atom is 0.191 e. The summed E-state index contributed by atoms with van der Waals surface area (Å²) in [6.07, 6.45) is 0. The highest BCUT2D eigenvalue weighted by atomic mass is 127. The number of ether oxygens (including phenoxy) is 1. The van der Waals surface area contributed by atoms with E-state index < -0.39 is 0 Å². The normalized spacial score (nSPS) is 12.0. The molecule has 0 aliphatic carbocycles. The highest BCUT2D eigenvalue weighted by Gasteiger charge is 2.10. The van der Waals surface area contributed by atoms with E-state index in [9.17, 15) is 0 Å². The number of nitrogens with one attached hydrogen (secondary N) is 2. The van der Waals surface area contributed by atoms with Crippen LogP contribution in [-0.4, -0.2) is 24.7 Å². The predicted molar refractivity (Wildman–Crippen MR) is 105 cm³/mol. The number of rotatable bonds is 5. The average Bonchev–Trinajstić information content (AvgIpc) is 2.40. The zero-order chi connectivity index (χ0) is 15.9. The van der Waals surface area contributed by atoms with Gasteiger partial charge in [0, 0.05) is 19.6 Å². The number of aliphatic imine (C=N–C) groups is 1. The molecule has 0 unspecified atom stereocenters. The first-order valence-corrected chi connectivity index (χ1v) is 7.49. The van der Waals surface area contributed by atoms with Crippen LogP contribution in [0.15, 0.2) is 29.3 Å². The van der Waals surface area contributed by atoms with Crippen molar-refractivity contribution in [2.45, 2.75) is 59.4 Å². The lowest BCUT2D eigenvalue weighted by atomic mass is 10.1. The van der Waals surface area contributed by atoms with Crippen LogP contribution in [0.1, 0.15) is 45.7 Å². The van der Waals surface area contributed by atoms with E-state index in [-0.39, 0.29) is 29.6 Å². The van der Waals surface area contributed by atoms with Crippen LogP contribution in [0.4, 0.5) is 0 Å². The predicted octanol–water partition coefficient (Wildman–Crippen LogP) is 3.69. The Bertz CT molecular complexity index is 467. The van der Waals surface area contributed by atoms with Gasteiger partial charge in [0.1, 0.15) is 0 Å². The van der Waals surface area contributed by atoms with E-state index in [0.717, 1.165) is 12.5 Å². The second kappa shape index (κ2) is 10.0. The van der Waals surface area contributed by atoms with Crippen LogP contribution in [0.5, 0.6) is 0 Å². The van der Waals surface area contributed by atoms with Gasteiger partial charge < -0.3 is 15.4 Å². The molecule has 2 N–H and O–H groups in total. The summed E-state index contributed by atoms with van der Waals surface area (Å²) < 4.78 is 5.81. The first kappa shape index (κ1) is 21.2. The molecule has 0 aliphatic heterocycles. The summed E-state index contributed by atoms with van der Waals surface area (Å²) in [6, 6.07) is 8.80. The van der Waals surface area contributed by atoms with E-state index in [4.69, 9.17) is 4.74 Å². The van der Waals surface area contributed by atoms with Gasteiger partial charge in [-0.3, -0.25) is 4.99 Å². The van der Waals surface area contributed by atoms with Crippen molar-refractivity contribution >= 4 is 29.9 Å². The lowest BCUT2D eigenvalue weighted by Crippen LogP contribution is -2.40. The minimum atomic E-state index is -0.114. The molecular formula is C17H30IN3O. The molecule has 0 aromatic heterocycles. The van der Waals surface area contributed by atoms with Crippen LogP contribution < -0.4 is 10.6 Å². The third kappa shape index (κ3) is 9.25. The zero-order valence-corrected chi connectivity index (χ0v) is 16.9. The molecule has 0 spiro atoms. The molecule has 0 amide bonds. The molecule has 5 heteroatoms. The SMILES string of the molecule is CN=C(NCc1cccc(COC(C)(C)C)c1)NC(C)C.I. The maximum atomic E-state index is 5.81. The number of guanidine groups is 1. The Morgan fingerprint density at radius 2 is 1.86 bits per heavy atom. The van der Waals surface area contributed by atoms with Crippen molar-refractivity contribution in [3.63, 3.8) is 0 Å². The molecule has 22 heavy (non-hydrogen) atoms. The van der Waals surface area contributed by atoms with Gasteiger partial charge in [0.25, 0.3) is 0 Å². The Balaban J connectivity index is 0.00000441. The van der Waals surface area contributed by atoms with Crippen molar-refractivity contribution in [2.24, 2.45) is 4.99 Å². The Hall–Kier alpha value is -0.820. The highest BCUT2D eigenvalue weighted by Crippen LogP contribution is 2.13. The second-order valence-electron chi connectivity index (χ2n) is 6.45. The van der Waals surface area contributed by atoms with E-state index in [1.54, 1.807) is 7.05 Å². The van der Waals surface area contributed by atoms with E-state index in [0.29, 0.717) is 12.6 Å². The average molecular weight is 419 g/mol. The van der Waals surface area contributed by atoms with Gasteiger partial charge in [-0.1, -0.05) is 24.3 Å². The van der Waals surface area contributed by atoms with Gasteiger partial charge in [0.15, 0.2) is 5.96 Å². The van der Waals surface area contributed by atoms with Crippen LogP contribution in [0, 0.1) is 0 Å². The molecule has 1 aromatic rings. The number of nitrogens with zero attached hydrogens (tertiary/aromatic N) is 1. The van der Waals surface area contributed by atoms with Gasteiger partial charge in [-0.2, -0.15) is 0 Å². The van der Waals surface area contributed by atoms with Crippen molar-refractivity contribution in [3.8, 4) is 0 Å². The molecule has 126 valence electrons. The number of hydrogen-bond acceptors (Lipinski definition) is 2. The van der Waals surface area contributed by atoms with Gasteiger partial charge in [-0.05, 0) is 45.7 Å². The van der Waals surface area contributed by atoms with Crippen LogP contribution in [0.3, 0.4) is 0 Å². The molecule has 0 saturated heterocycles. The molecule has 0 heterocycles. The largest absolute Gasteiger partial charge is 0.371 e. The lowest BCUT2D eigenvalue weighted by molar-refractivity contribution is -0.0149. The molecule has 1 aromatic carbocycles. The van der Waals surface area contributed by atoms with Gasteiger partial charge in [0.05, 0.1) is 12.2 Å². The fourth-order valence-corrected chi connectivity index (χ4v) is 1.78. The third-order valence-electron chi connectivity index (χ3n) is 2.77. The van der Waals surface area contributed by atoms with E-state index in [2.05, 4.69) is 74.5 Å². The Kier molecular flexibility index (Phi) is 9.67. The standard InChI is InChI=1S/C17H29N3O.HI/c1-13(2)20-16(18-6)19-11-14-8-7-9-15(10-14)12-21-17(3,4)5;/h7-10,13H,11-12H2,1-6H3,(H2,18,19,20);1H. The molecular weight excluding hydrogens is 389 g/mol. The van der Waals surface area contributed by atoms with E-state index in [1.807, 2.05) is 0 Å². The van der Waals surface area contributed by atoms with E-state index in [1.165, 1.54) is 11.1 Å². The smallest absolute Gasteiger partial charge is 0.191 e. The van der Waals surface area contributed by atoms with Crippen molar-refractivity contribution in [1.82, 2.24) is 10.6 Å². The van der Waals surface area contributed by atoms with Crippen molar-refractivity contribution in [2.75, 3.05) is 7.05 Å². The lowest BCUT2D eigenvalue weighted by Gasteiger charge is -2.20. The number of benzene rings is 1. The minimum Gasteiger partial charge on any atom is -0.371 e. The highest BCUT2D eigenvalue weighted by molar-refractivity contribution is 14.0. The van der Waals surface area contributed by atoms with Gasteiger partial charge in [-0.25, -0.2) is 0 Å². The Labute approximate surface area is 152 Å². The molecule has 0 aliphatic rings. The summed E-state index contributed by atoms with van der Waals surface area (Å²) in [5.74, 6) is 0.821. The van der Waals surface area contributed by atoms with Crippen molar-refractivity contribution in [1.29, 1.82) is 0 Å². The molecule has 1 rings (SSSR count). The molecule has 4 nitrogen and oxygen atoms in total. The second-order valence-corrected chi connectivity index (χ2v) is 6.45. The van der Waals surface area contributed by atoms with Gasteiger partial charge >= 0.3 is 0 Å². The molecule has 0 bridgehead atoms. The van der Waals surface area contributed by atoms with Crippen molar-refractivity contribution < 1.29 is 4.74 Å². The topological polar surface area (TPSA) is 45.7 Å². The van der Waals surface area contributed by atoms with Crippen LogP contribution >= 0.6 is 24.0 Å². The fourth-order valence-electron chi connectivity index (χ4n) is 1.78. The first-order valence-electron chi connectivity index (χ1n) is 7.49. The van der Waals surface area contributed by atoms with Crippen LogP contribution in [0.2, 0.25) is 0 Å². The summed E-state index contributed by atoms with van der Waals surface area (Å²) in [6.45, 7) is 11.8. The van der Waals surface area contributed by atoms with Gasteiger partial charge in [-0.15, -0.1) is 24.0 Å².